The minimum atomic E-state index is -4.22. The summed E-state index contributed by atoms with van der Waals surface area (Å²) in [5, 5.41) is 8.98. The van der Waals surface area contributed by atoms with Crippen LogP contribution >= 0.6 is 0 Å². The summed E-state index contributed by atoms with van der Waals surface area (Å²) < 4.78 is 111. The highest BCUT2D eigenvalue weighted by Gasteiger charge is 2.02. The molecule has 0 amide bonds. The Balaban J connectivity index is 6.22. The number of carbonyl (C=O) groups is 1. The summed E-state index contributed by atoms with van der Waals surface area (Å²) in [5.41, 5.74) is 0. The van der Waals surface area contributed by atoms with Crippen molar-refractivity contribution in [2.45, 2.75) is 97.0 Å². The molecule has 0 spiro atoms. The Morgan fingerprint density at radius 2 is 1.68 bits per heavy atom. The number of carboxylic acids is 1. The van der Waals surface area contributed by atoms with Crippen LogP contribution in [0, 0.1) is 5.92 Å². The standard InChI is InChI=1S/C17H34O2/c1-3-4-5-7-10-13-16(2)14-11-8-6-9-12-15-17(18)19/h16H,3-15H2,1-2H3,(H,18,19)/i6D2,8D2,9D2,11D2,12D2,14D2,15D2. The lowest BCUT2D eigenvalue weighted by molar-refractivity contribution is -0.137. The Morgan fingerprint density at radius 3 is 2.37 bits per heavy atom. The molecule has 2 heteroatoms. The van der Waals surface area contributed by atoms with Crippen molar-refractivity contribution in [2.75, 3.05) is 0 Å². The summed E-state index contributed by atoms with van der Waals surface area (Å²) in [6.45, 7) is 3.33. The monoisotopic (exact) mass is 284 g/mol. The summed E-state index contributed by atoms with van der Waals surface area (Å²) in [5.74, 6) is -3.57. The van der Waals surface area contributed by atoms with Crippen LogP contribution < -0.4 is 0 Å². The number of hydrogen-bond donors (Lipinski definition) is 1. The fourth-order valence-electron chi connectivity index (χ4n) is 1.46. The van der Waals surface area contributed by atoms with E-state index in [1.54, 1.807) is 0 Å². The maximum absolute atomic E-state index is 11.2. The third-order valence-corrected chi connectivity index (χ3v) is 2.48. The van der Waals surface area contributed by atoms with Crippen LogP contribution in [0.15, 0.2) is 0 Å². The first-order valence-corrected chi connectivity index (χ1v) is 6.66. The average molecular weight is 285 g/mol. The highest BCUT2D eigenvalue weighted by Crippen LogP contribution is 2.18. The normalized spacial score (nSPS) is 28.7. The average Bonchev–Trinajstić information content (AvgIpc) is 2.66. The SMILES string of the molecule is [2H]C([2H])(C(=O)O)C([2H])([2H])C([2H])([2H])C([2H])([2H])C([2H])([2H])C([2H])([2H])C([2H])([2H])C(C)CCCCCCC. The van der Waals surface area contributed by atoms with E-state index >= 15 is 0 Å². The summed E-state index contributed by atoms with van der Waals surface area (Å²) in [7, 11) is 0. The van der Waals surface area contributed by atoms with Crippen LogP contribution in [-0.2, 0) is 4.79 Å². The Hall–Kier alpha value is -0.530. The summed E-state index contributed by atoms with van der Waals surface area (Å²) in [6, 6.07) is 0. The third kappa shape index (κ3) is 15.4. The van der Waals surface area contributed by atoms with Crippen LogP contribution in [0.5, 0.6) is 0 Å². The molecule has 114 valence electrons. The van der Waals surface area contributed by atoms with Crippen LogP contribution in [0.4, 0.5) is 0 Å². The van der Waals surface area contributed by atoms with Gasteiger partial charge < -0.3 is 5.11 Å². The third-order valence-electron chi connectivity index (χ3n) is 2.48. The first-order chi connectivity index (χ1) is 14.4. The Labute approximate surface area is 139 Å². The van der Waals surface area contributed by atoms with E-state index in [1.165, 1.54) is 6.92 Å². The summed E-state index contributed by atoms with van der Waals surface area (Å²) in [4.78, 5) is 11.2. The number of hydrogen-bond acceptors (Lipinski definition) is 1. The zero-order valence-corrected chi connectivity index (χ0v) is 11.7. The Kier molecular flexibility index (Phi) is 4.16. The quantitative estimate of drug-likeness (QED) is 0.409. The minimum absolute atomic E-state index is 0.143. The van der Waals surface area contributed by atoms with Gasteiger partial charge in [0.1, 0.15) is 0 Å². The lowest BCUT2D eigenvalue weighted by Crippen LogP contribution is -1.96. The lowest BCUT2D eigenvalue weighted by Gasteiger charge is -2.10. The molecule has 0 aliphatic carbocycles. The maximum Gasteiger partial charge on any atom is 0.303 e. The first-order valence-electron chi connectivity index (χ1n) is 13.7. The summed E-state index contributed by atoms with van der Waals surface area (Å²) >= 11 is 0. The van der Waals surface area contributed by atoms with Crippen LogP contribution in [0.3, 0.4) is 0 Å². The van der Waals surface area contributed by atoms with Gasteiger partial charge in [0.15, 0.2) is 0 Å². The number of aliphatic carboxylic acids is 1. The molecule has 0 bridgehead atoms. The molecule has 0 aromatic heterocycles. The molecule has 0 aliphatic heterocycles. The van der Waals surface area contributed by atoms with Gasteiger partial charge in [0.25, 0.3) is 0 Å². The molecule has 0 saturated heterocycles. The van der Waals surface area contributed by atoms with Gasteiger partial charge in [-0.15, -0.1) is 0 Å². The van der Waals surface area contributed by atoms with E-state index in [1.807, 2.05) is 6.92 Å². The van der Waals surface area contributed by atoms with Gasteiger partial charge in [-0.25, -0.2) is 0 Å². The van der Waals surface area contributed by atoms with E-state index in [4.69, 9.17) is 24.3 Å². The predicted octanol–water partition coefficient (Wildman–Crippen LogP) is 5.80. The van der Waals surface area contributed by atoms with Gasteiger partial charge >= 0.3 is 5.97 Å². The molecule has 0 aromatic rings. The molecule has 0 radical (unpaired) electrons. The molecule has 1 N–H and O–H groups in total. The van der Waals surface area contributed by atoms with E-state index in [9.17, 15) is 4.79 Å². The van der Waals surface area contributed by atoms with Gasteiger partial charge in [-0.3, -0.25) is 4.79 Å². The second-order valence-corrected chi connectivity index (χ2v) is 4.30. The van der Waals surface area contributed by atoms with Crippen LogP contribution in [0.25, 0.3) is 0 Å². The lowest BCUT2D eigenvalue weighted by atomic mass is 9.96. The number of carboxylic acid groups (broad SMARTS) is 1. The van der Waals surface area contributed by atoms with Gasteiger partial charge in [-0.05, 0) is 12.3 Å². The molecule has 19 heavy (non-hydrogen) atoms. The Morgan fingerprint density at radius 1 is 1.05 bits per heavy atom. The molecule has 0 rings (SSSR count). The first kappa shape index (κ1) is 5.69. The maximum atomic E-state index is 11.2. The largest absolute Gasteiger partial charge is 0.481 e. The van der Waals surface area contributed by atoms with Crippen molar-refractivity contribution in [2.24, 2.45) is 5.92 Å². The van der Waals surface area contributed by atoms with Crippen LogP contribution in [-0.4, -0.2) is 11.1 Å². The molecular weight excluding hydrogens is 236 g/mol. The second-order valence-electron chi connectivity index (χ2n) is 4.30. The van der Waals surface area contributed by atoms with Gasteiger partial charge in [-0.1, -0.05) is 84.2 Å². The molecular formula is C17H34O2. The van der Waals surface area contributed by atoms with Crippen molar-refractivity contribution < 1.29 is 29.1 Å². The van der Waals surface area contributed by atoms with E-state index in [0.717, 1.165) is 25.7 Å². The molecule has 2 nitrogen and oxygen atoms in total. The van der Waals surface area contributed by atoms with Gasteiger partial charge in [0, 0.05) is 25.6 Å². The molecule has 0 fully saturated rings. The van der Waals surface area contributed by atoms with Gasteiger partial charge in [0.2, 0.25) is 0 Å². The smallest absolute Gasteiger partial charge is 0.303 e. The van der Waals surface area contributed by atoms with Crippen molar-refractivity contribution in [1.82, 2.24) is 0 Å². The highest BCUT2D eigenvalue weighted by molar-refractivity contribution is 5.66. The van der Waals surface area contributed by atoms with Gasteiger partial charge in [-0.2, -0.15) is 0 Å². The zero-order chi connectivity index (χ0) is 26.9. The van der Waals surface area contributed by atoms with Crippen molar-refractivity contribution in [3.8, 4) is 0 Å². The molecule has 0 heterocycles. The predicted molar refractivity (Wildman–Crippen MR) is 82.5 cm³/mol. The van der Waals surface area contributed by atoms with Crippen molar-refractivity contribution in [3.63, 3.8) is 0 Å². The van der Waals surface area contributed by atoms with Crippen LogP contribution in [0.2, 0.25) is 0 Å². The fourth-order valence-corrected chi connectivity index (χ4v) is 1.46. The second kappa shape index (κ2) is 13.9. The minimum Gasteiger partial charge on any atom is -0.481 e. The van der Waals surface area contributed by atoms with Crippen LogP contribution in [0.1, 0.15) is 116 Å². The summed E-state index contributed by atoms with van der Waals surface area (Å²) in [6.07, 6.45) is -23.1. The molecule has 1 atom stereocenters. The van der Waals surface area contributed by atoms with E-state index < -0.39 is 56.5 Å². The highest BCUT2D eigenvalue weighted by atomic mass is 16.4. The molecule has 0 saturated carbocycles. The van der Waals surface area contributed by atoms with Crippen molar-refractivity contribution in [3.05, 3.63) is 0 Å². The molecule has 0 aliphatic rings. The van der Waals surface area contributed by atoms with E-state index in [-0.39, 0.29) is 6.42 Å². The zero-order valence-electron chi connectivity index (χ0n) is 25.7. The van der Waals surface area contributed by atoms with E-state index in [2.05, 4.69) is 0 Å². The topological polar surface area (TPSA) is 37.3 Å². The van der Waals surface area contributed by atoms with Crippen molar-refractivity contribution in [1.29, 1.82) is 0 Å². The van der Waals surface area contributed by atoms with E-state index in [0.29, 0.717) is 6.42 Å². The number of unbranched alkanes of at least 4 members (excludes halogenated alkanes) is 4. The van der Waals surface area contributed by atoms with Gasteiger partial charge in [0.05, 0.1) is 0 Å². The van der Waals surface area contributed by atoms with Crippen molar-refractivity contribution >= 4 is 5.97 Å². The fraction of sp³-hybridized carbons (Fsp3) is 0.941. The molecule has 1 unspecified atom stereocenters. The Bertz CT molecular complexity index is 675. The number of rotatable bonds is 14. The molecule has 0 aromatic carbocycles.